The van der Waals surface area contributed by atoms with E-state index in [-0.39, 0.29) is 5.91 Å². The molecule has 0 heterocycles. The minimum atomic E-state index is 0.0460. The van der Waals surface area contributed by atoms with E-state index in [1.165, 1.54) is 12.8 Å². The van der Waals surface area contributed by atoms with Gasteiger partial charge in [0, 0.05) is 32.4 Å². The zero-order valence-corrected chi connectivity index (χ0v) is 13.3. The van der Waals surface area contributed by atoms with Crippen molar-refractivity contribution in [1.82, 2.24) is 4.90 Å². The predicted octanol–water partition coefficient (Wildman–Crippen LogP) is 2.93. The molecule has 1 fully saturated rings. The van der Waals surface area contributed by atoms with Crippen LogP contribution in [0.4, 0.5) is 5.69 Å². The first-order valence-electron chi connectivity index (χ1n) is 7.79. The number of rotatable bonds is 8. The largest absolute Gasteiger partial charge is 0.385 e. The number of anilines is 1. The standard InChI is InChI=1S/C17H26N2O2/c1-4-18-16-8-5-13(2)11-15(16)17(20)19(3)9-10-21-12-14-6-7-14/h5,8,11,14,18H,4,6-7,9-10,12H2,1-3H3. The zero-order chi connectivity index (χ0) is 15.2. The van der Waals surface area contributed by atoms with Crippen LogP contribution in [0.25, 0.3) is 0 Å². The average Bonchev–Trinajstić information content (AvgIpc) is 3.29. The molecule has 1 aliphatic carbocycles. The smallest absolute Gasteiger partial charge is 0.255 e. The first kappa shape index (κ1) is 15.8. The van der Waals surface area contributed by atoms with Gasteiger partial charge in [0.1, 0.15) is 0 Å². The molecule has 1 aromatic rings. The van der Waals surface area contributed by atoms with E-state index in [1.807, 2.05) is 39.1 Å². The molecule has 0 bridgehead atoms. The highest BCUT2D eigenvalue weighted by atomic mass is 16.5. The number of benzene rings is 1. The molecule has 0 saturated heterocycles. The minimum Gasteiger partial charge on any atom is -0.385 e. The summed E-state index contributed by atoms with van der Waals surface area (Å²) in [4.78, 5) is 14.3. The lowest BCUT2D eigenvalue weighted by Gasteiger charge is -2.20. The number of carbonyl (C=O) groups is 1. The second-order valence-electron chi connectivity index (χ2n) is 5.82. The van der Waals surface area contributed by atoms with Crippen molar-refractivity contribution in [3.8, 4) is 0 Å². The number of ether oxygens (including phenoxy) is 1. The van der Waals surface area contributed by atoms with E-state index < -0.39 is 0 Å². The summed E-state index contributed by atoms with van der Waals surface area (Å²) >= 11 is 0. The number of carbonyl (C=O) groups excluding carboxylic acids is 1. The summed E-state index contributed by atoms with van der Waals surface area (Å²) in [6, 6.07) is 5.94. The fourth-order valence-corrected chi connectivity index (χ4v) is 2.22. The van der Waals surface area contributed by atoms with Gasteiger partial charge in [0.05, 0.1) is 12.2 Å². The van der Waals surface area contributed by atoms with Gasteiger partial charge in [0.15, 0.2) is 0 Å². The molecule has 0 aliphatic heterocycles. The SMILES string of the molecule is CCNc1ccc(C)cc1C(=O)N(C)CCOCC1CC1. The number of nitrogens with one attached hydrogen (secondary N) is 1. The van der Waals surface area contributed by atoms with Gasteiger partial charge in [0.25, 0.3) is 5.91 Å². The molecule has 1 aliphatic rings. The van der Waals surface area contributed by atoms with Gasteiger partial charge in [-0.05, 0) is 44.7 Å². The Balaban J connectivity index is 1.91. The third-order valence-corrected chi connectivity index (χ3v) is 3.74. The topological polar surface area (TPSA) is 41.6 Å². The van der Waals surface area contributed by atoms with E-state index in [1.54, 1.807) is 4.90 Å². The van der Waals surface area contributed by atoms with E-state index in [2.05, 4.69) is 5.32 Å². The van der Waals surface area contributed by atoms with Crippen molar-refractivity contribution in [1.29, 1.82) is 0 Å². The molecule has 116 valence electrons. The Morgan fingerprint density at radius 3 is 2.86 bits per heavy atom. The van der Waals surface area contributed by atoms with E-state index >= 15 is 0 Å². The lowest BCUT2D eigenvalue weighted by Crippen LogP contribution is -2.31. The van der Waals surface area contributed by atoms with Crippen LogP contribution in [0, 0.1) is 12.8 Å². The maximum absolute atomic E-state index is 12.6. The zero-order valence-electron chi connectivity index (χ0n) is 13.3. The van der Waals surface area contributed by atoms with Gasteiger partial charge in [-0.2, -0.15) is 0 Å². The first-order chi connectivity index (χ1) is 10.1. The van der Waals surface area contributed by atoms with Gasteiger partial charge >= 0.3 is 0 Å². The summed E-state index contributed by atoms with van der Waals surface area (Å²) in [6.07, 6.45) is 2.59. The van der Waals surface area contributed by atoms with Gasteiger partial charge in [0.2, 0.25) is 0 Å². The number of nitrogens with zero attached hydrogens (tertiary/aromatic N) is 1. The Kier molecular flexibility index (Phi) is 5.62. The van der Waals surface area contributed by atoms with Crippen LogP contribution >= 0.6 is 0 Å². The molecule has 0 spiro atoms. The van der Waals surface area contributed by atoms with Crippen LogP contribution in [0.15, 0.2) is 18.2 Å². The highest BCUT2D eigenvalue weighted by Gasteiger charge is 2.21. The van der Waals surface area contributed by atoms with Crippen molar-refractivity contribution in [2.45, 2.75) is 26.7 Å². The molecule has 4 heteroatoms. The lowest BCUT2D eigenvalue weighted by molar-refractivity contribution is 0.0682. The Morgan fingerprint density at radius 2 is 2.19 bits per heavy atom. The molecule has 21 heavy (non-hydrogen) atoms. The molecule has 0 unspecified atom stereocenters. The van der Waals surface area contributed by atoms with Crippen molar-refractivity contribution in [3.63, 3.8) is 0 Å². The number of hydrogen-bond acceptors (Lipinski definition) is 3. The monoisotopic (exact) mass is 290 g/mol. The second-order valence-corrected chi connectivity index (χ2v) is 5.82. The summed E-state index contributed by atoms with van der Waals surface area (Å²) in [5.74, 6) is 0.813. The second kappa shape index (κ2) is 7.46. The van der Waals surface area contributed by atoms with E-state index in [0.29, 0.717) is 13.2 Å². The molecule has 2 rings (SSSR count). The van der Waals surface area contributed by atoms with Gasteiger partial charge < -0.3 is 15.0 Å². The molecule has 1 aromatic carbocycles. The minimum absolute atomic E-state index is 0.0460. The summed E-state index contributed by atoms with van der Waals surface area (Å²) in [5.41, 5.74) is 2.73. The molecule has 0 atom stereocenters. The van der Waals surface area contributed by atoms with Gasteiger partial charge in [-0.1, -0.05) is 11.6 Å². The van der Waals surface area contributed by atoms with E-state index in [4.69, 9.17) is 4.74 Å². The highest BCUT2D eigenvalue weighted by molar-refractivity contribution is 5.99. The third-order valence-electron chi connectivity index (χ3n) is 3.74. The summed E-state index contributed by atoms with van der Waals surface area (Å²) in [5, 5.41) is 3.25. The first-order valence-corrected chi connectivity index (χ1v) is 7.79. The molecule has 1 saturated carbocycles. The van der Waals surface area contributed by atoms with Crippen LogP contribution in [0.1, 0.15) is 35.7 Å². The highest BCUT2D eigenvalue weighted by Crippen LogP contribution is 2.28. The Hall–Kier alpha value is -1.55. The van der Waals surface area contributed by atoms with Crippen LogP contribution in [-0.4, -0.2) is 44.2 Å². The summed E-state index contributed by atoms with van der Waals surface area (Å²) < 4.78 is 5.61. The quantitative estimate of drug-likeness (QED) is 0.748. The van der Waals surface area contributed by atoms with Crippen molar-refractivity contribution in [3.05, 3.63) is 29.3 Å². The third kappa shape index (κ3) is 4.74. The van der Waals surface area contributed by atoms with Gasteiger partial charge in [-0.3, -0.25) is 4.79 Å². The van der Waals surface area contributed by atoms with Crippen LogP contribution < -0.4 is 5.32 Å². The molecule has 0 aromatic heterocycles. The number of amides is 1. The summed E-state index contributed by atoms with van der Waals surface area (Å²) in [7, 11) is 1.83. The van der Waals surface area contributed by atoms with Crippen LogP contribution in [0.5, 0.6) is 0 Å². The van der Waals surface area contributed by atoms with Crippen molar-refractivity contribution < 1.29 is 9.53 Å². The molecule has 0 radical (unpaired) electrons. The Morgan fingerprint density at radius 1 is 1.43 bits per heavy atom. The lowest BCUT2D eigenvalue weighted by atomic mass is 10.1. The molecular weight excluding hydrogens is 264 g/mol. The maximum Gasteiger partial charge on any atom is 0.255 e. The van der Waals surface area contributed by atoms with Gasteiger partial charge in [-0.15, -0.1) is 0 Å². The average molecular weight is 290 g/mol. The molecule has 1 amide bonds. The van der Waals surface area contributed by atoms with E-state index in [0.717, 1.165) is 35.9 Å². The number of hydrogen-bond donors (Lipinski definition) is 1. The van der Waals surface area contributed by atoms with E-state index in [9.17, 15) is 4.79 Å². The number of aryl methyl sites for hydroxylation is 1. The number of likely N-dealkylation sites (N-methyl/N-ethyl adjacent to an activating group) is 1. The fourth-order valence-electron chi connectivity index (χ4n) is 2.22. The van der Waals surface area contributed by atoms with Crippen molar-refractivity contribution >= 4 is 11.6 Å². The summed E-state index contributed by atoms with van der Waals surface area (Å²) in [6.45, 7) is 6.92. The molecular formula is C17H26N2O2. The van der Waals surface area contributed by atoms with Crippen LogP contribution in [-0.2, 0) is 4.74 Å². The van der Waals surface area contributed by atoms with Crippen molar-refractivity contribution in [2.75, 3.05) is 38.7 Å². The van der Waals surface area contributed by atoms with Gasteiger partial charge in [-0.25, -0.2) is 0 Å². The fraction of sp³-hybridized carbons (Fsp3) is 0.588. The normalized spacial score (nSPS) is 14.0. The van der Waals surface area contributed by atoms with Crippen LogP contribution in [0.2, 0.25) is 0 Å². The van der Waals surface area contributed by atoms with Crippen LogP contribution in [0.3, 0.4) is 0 Å². The predicted molar refractivity (Wildman–Crippen MR) is 85.8 cm³/mol. The maximum atomic E-state index is 12.6. The molecule has 4 nitrogen and oxygen atoms in total. The molecule has 1 N–H and O–H groups in total. The Bertz CT molecular complexity index is 484. The Labute approximate surface area is 127 Å². The van der Waals surface area contributed by atoms with Crippen molar-refractivity contribution in [2.24, 2.45) is 5.92 Å².